The monoisotopic (exact) mass is 279 g/mol. The van der Waals surface area contributed by atoms with E-state index in [1.54, 1.807) is 6.07 Å². The Morgan fingerprint density at radius 2 is 2.00 bits per heavy atom. The van der Waals surface area contributed by atoms with Gasteiger partial charge in [0, 0.05) is 25.2 Å². The molecule has 0 unspecified atom stereocenters. The smallest absolute Gasteiger partial charge is 0.162 e. The fourth-order valence-corrected chi connectivity index (χ4v) is 2.51. The first-order chi connectivity index (χ1) is 9.27. The van der Waals surface area contributed by atoms with E-state index >= 15 is 0 Å². The van der Waals surface area contributed by atoms with Crippen LogP contribution in [0.25, 0.3) is 0 Å². The van der Waals surface area contributed by atoms with Crippen LogP contribution >= 0.6 is 0 Å². The SMILES string of the molecule is C[C@H]1CN(Cc2cc(C(C)(C)C)cc(O)c2O)CCO1. The van der Waals surface area contributed by atoms with E-state index in [2.05, 4.69) is 32.6 Å². The van der Waals surface area contributed by atoms with Crippen LogP contribution in [-0.4, -0.2) is 40.9 Å². The summed E-state index contributed by atoms with van der Waals surface area (Å²) in [5, 5.41) is 20.0. The molecule has 20 heavy (non-hydrogen) atoms. The second-order valence-corrected chi connectivity index (χ2v) is 6.67. The van der Waals surface area contributed by atoms with Gasteiger partial charge in [0.15, 0.2) is 11.5 Å². The summed E-state index contributed by atoms with van der Waals surface area (Å²) in [6.45, 7) is 11.4. The van der Waals surface area contributed by atoms with Gasteiger partial charge in [-0.25, -0.2) is 0 Å². The standard InChI is InChI=1S/C16H25NO3/c1-11-9-17(5-6-20-11)10-12-7-13(16(2,3)4)8-14(18)15(12)19/h7-8,11,18-19H,5-6,9-10H2,1-4H3/t11-/m0/s1. The van der Waals surface area contributed by atoms with Gasteiger partial charge in [0.25, 0.3) is 0 Å². The highest BCUT2D eigenvalue weighted by molar-refractivity contribution is 5.49. The van der Waals surface area contributed by atoms with Crippen LogP contribution in [0.3, 0.4) is 0 Å². The van der Waals surface area contributed by atoms with E-state index in [0.29, 0.717) is 13.2 Å². The van der Waals surface area contributed by atoms with Gasteiger partial charge in [-0.05, 0) is 24.0 Å². The number of hydrogen-bond acceptors (Lipinski definition) is 4. The molecule has 0 aromatic heterocycles. The number of phenols is 2. The van der Waals surface area contributed by atoms with Crippen LogP contribution in [0.1, 0.15) is 38.8 Å². The van der Waals surface area contributed by atoms with Crippen molar-refractivity contribution in [3.8, 4) is 11.5 Å². The maximum absolute atomic E-state index is 10.1. The van der Waals surface area contributed by atoms with E-state index in [0.717, 1.165) is 24.2 Å². The van der Waals surface area contributed by atoms with Crippen LogP contribution in [-0.2, 0) is 16.7 Å². The lowest BCUT2D eigenvalue weighted by Crippen LogP contribution is -2.40. The lowest BCUT2D eigenvalue weighted by atomic mass is 9.85. The predicted octanol–water partition coefficient (Wildman–Crippen LogP) is 2.62. The minimum Gasteiger partial charge on any atom is -0.504 e. The van der Waals surface area contributed by atoms with Crippen molar-refractivity contribution in [2.45, 2.75) is 45.8 Å². The molecule has 0 aliphatic carbocycles. The van der Waals surface area contributed by atoms with Gasteiger partial charge in [0.1, 0.15) is 0 Å². The molecule has 4 nitrogen and oxygen atoms in total. The summed E-state index contributed by atoms with van der Waals surface area (Å²) in [6, 6.07) is 3.65. The zero-order valence-corrected chi connectivity index (χ0v) is 12.8. The zero-order chi connectivity index (χ0) is 14.9. The van der Waals surface area contributed by atoms with Gasteiger partial charge in [-0.15, -0.1) is 0 Å². The van der Waals surface area contributed by atoms with Gasteiger partial charge in [-0.2, -0.15) is 0 Å². The third-order valence-electron chi connectivity index (χ3n) is 3.75. The Hall–Kier alpha value is -1.26. The molecule has 0 bridgehead atoms. The normalized spacial score (nSPS) is 21.1. The number of aromatic hydroxyl groups is 2. The maximum Gasteiger partial charge on any atom is 0.162 e. The lowest BCUT2D eigenvalue weighted by molar-refractivity contribution is -0.0214. The van der Waals surface area contributed by atoms with Crippen LogP contribution in [0.4, 0.5) is 0 Å². The summed E-state index contributed by atoms with van der Waals surface area (Å²) in [5.74, 6) is -0.0362. The van der Waals surface area contributed by atoms with E-state index in [1.165, 1.54) is 0 Å². The molecule has 0 saturated carbocycles. The highest BCUT2D eigenvalue weighted by Gasteiger charge is 2.22. The van der Waals surface area contributed by atoms with Crippen LogP contribution in [0.15, 0.2) is 12.1 Å². The van der Waals surface area contributed by atoms with Gasteiger partial charge in [-0.3, -0.25) is 4.90 Å². The molecule has 1 atom stereocenters. The molecule has 0 amide bonds. The lowest BCUT2D eigenvalue weighted by Gasteiger charge is -2.31. The van der Waals surface area contributed by atoms with Crippen molar-refractivity contribution in [1.29, 1.82) is 0 Å². The van der Waals surface area contributed by atoms with Gasteiger partial charge in [0.2, 0.25) is 0 Å². The van der Waals surface area contributed by atoms with E-state index in [1.807, 2.05) is 6.07 Å². The molecule has 2 rings (SSSR count). The molecule has 1 aromatic carbocycles. The number of benzene rings is 1. The van der Waals surface area contributed by atoms with E-state index in [-0.39, 0.29) is 23.0 Å². The summed E-state index contributed by atoms with van der Waals surface area (Å²) >= 11 is 0. The molecular weight excluding hydrogens is 254 g/mol. The third kappa shape index (κ3) is 3.44. The quantitative estimate of drug-likeness (QED) is 0.817. The Morgan fingerprint density at radius 1 is 1.30 bits per heavy atom. The first-order valence-electron chi connectivity index (χ1n) is 7.16. The van der Waals surface area contributed by atoms with Gasteiger partial charge >= 0.3 is 0 Å². The Labute approximate surface area is 121 Å². The van der Waals surface area contributed by atoms with Crippen molar-refractivity contribution in [3.63, 3.8) is 0 Å². The average molecular weight is 279 g/mol. The molecule has 4 heteroatoms. The van der Waals surface area contributed by atoms with Crippen LogP contribution in [0.2, 0.25) is 0 Å². The highest BCUT2D eigenvalue weighted by Crippen LogP contribution is 2.35. The van der Waals surface area contributed by atoms with E-state index in [4.69, 9.17) is 4.74 Å². The predicted molar refractivity (Wildman–Crippen MR) is 79.2 cm³/mol. The number of ether oxygens (including phenoxy) is 1. The molecular formula is C16H25NO3. The fraction of sp³-hybridized carbons (Fsp3) is 0.625. The van der Waals surface area contributed by atoms with E-state index in [9.17, 15) is 10.2 Å². The molecule has 0 radical (unpaired) electrons. The van der Waals surface area contributed by atoms with Gasteiger partial charge < -0.3 is 14.9 Å². The minimum absolute atomic E-state index is 0.00264. The molecule has 1 fully saturated rings. The average Bonchev–Trinajstić information content (AvgIpc) is 2.33. The van der Waals surface area contributed by atoms with Gasteiger partial charge in [-0.1, -0.05) is 26.8 Å². The summed E-state index contributed by atoms with van der Waals surface area (Å²) in [4.78, 5) is 2.25. The molecule has 1 aliphatic rings. The summed E-state index contributed by atoms with van der Waals surface area (Å²) in [7, 11) is 0. The Balaban J connectivity index is 2.24. The van der Waals surface area contributed by atoms with Crippen molar-refractivity contribution in [1.82, 2.24) is 4.90 Å². The molecule has 1 aliphatic heterocycles. The van der Waals surface area contributed by atoms with Crippen molar-refractivity contribution in [2.24, 2.45) is 0 Å². The molecule has 1 heterocycles. The molecule has 1 aromatic rings. The number of phenolic OH excluding ortho intramolecular Hbond substituents is 2. The third-order valence-corrected chi connectivity index (χ3v) is 3.75. The Morgan fingerprint density at radius 3 is 2.60 bits per heavy atom. The van der Waals surface area contributed by atoms with E-state index < -0.39 is 0 Å². The Bertz CT molecular complexity index is 479. The van der Waals surface area contributed by atoms with Crippen molar-refractivity contribution >= 4 is 0 Å². The molecule has 1 saturated heterocycles. The minimum atomic E-state index is -0.0573. The number of rotatable bonds is 2. The molecule has 0 spiro atoms. The first-order valence-corrected chi connectivity index (χ1v) is 7.16. The fourth-order valence-electron chi connectivity index (χ4n) is 2.51. The topological polar surface area (TPSA) is 52.9 Å². The second kappa shape index (κ2) is 5.62. The number of hydrogen-bond donors (Lipinski definition) is 2. The van der Waals surface area contributed by atoms with Crippen molar-refractivity contribution in [3.05, 3.63) is 23.3 Å². The van der Waals surface area contributed by atoms with Crippen molar-refractivity contribution in [2.75, 3.05) is 19.7 Å². The first kappa shape index (κ1) is 15.1. The zero-order valence-electron chi connectivity index (χ0n) is 12.8. The summed E-state index contributed by atoms with van der Waals surface area (Å²) in [6.07, 6.45) is 0.213. The second-order valence-electron chi connectivity index (χ2n) is 6.67. The maximum atomic E-state index is 10.1. The Kier molecular flexibility index (Phi) is 4.25. The highest BCUT2D eigenvalue weighted by atomic mass is 16.5. The summed E-state index contributed by atoms with van der Waals surface area (Å²) in [5.41, 5.74) is 1.76. The largest absolute Gasteiger partial charge is 0.504 e. The molecule has 112 valence electrons. The van der Waals surface area contributed by atoms with Crippen LogP contribution < -0.4 is 0 Å². The number of morpholine rings is 1. The van der Waals surface area contributed by atoms with Crippen LogP contribution in [0, 0.1) is 0 Å². The van der Waals surface area contributed by atoms with Gasteiger partial charge in [0.05, 0.1) is 12.7 Å². The number of nitrogens with zero attached hydrogens (tertiary/aromatic N) is 1. The van der Waals surface area contributed by atoms with Crippen LogP contribution in [0.5, 0.6) is 11.5 Å². The summed E-state index contributed by atoms with van der Waals surface area (Å²) < 4.78 is 5.52. The molecule has 2 N–H and O–H groups in total. The van der Waals surface area contributed by atoms with Crippen molar-refractivity contribution < 1.29 is 14.9 Å².